The van der Waals surface area contributed by atoms with Crippen LogP contribution >= 0.6 is 0 Å². The van der Waals surface area contributed by atoms with Crippen LogP contribution in [0.4, 0.5) is 0 Å². The Labute approximate surface area is 73.0 Å². The number of allylic oxidation sites excluding steroid dienone is 2. The molecule has 0 aromatic heterocycles. The van der Waals surface area contributed by atoms with Crippen molar-refractivity contribution in [3.63, 3.8) is 0 Å². The van der Waals surface area contributed by atoms with E-state index in [2.05, 4.69) is 13.2 Å². The van der Waals surface area contributed by atoms with Gasteiger partial charge in [0, 0.05) is 0 Å². The zero-order valence-electron chi connectivity index (χ0n) is 7.38. The predicted molar refractivity (Wildman–Crippen MR) is 48.8 cm³/mol. The molecule has 0 aromatic rings. The van der Waals surface area contributed by atoms with Crippen molar-refractivity contribution in [2.24, 2.45) is 5.41 Å². The van der Waals surface area contributed by atoms with Gasteiger partial charge in [-0.25, -0.2) is 0 Å². The lowest BCUT2D eigenvalue weighted by molar-refractivity contribution is -0.132. The van der Waals surface area contributed by atoms with Crippen molar-refractivity contribution in [3.8, 4) is 0 Å². The zero-order chi connectivity index (χ0) is 9.61. The van der Waals surface area contributed by atoms with Crippen molar-refractivity contribution < 1.29 is 9.59 Å². The Morgan fingerprint density at radius 2 is 1.75 bits per heavy atom. The molecule has 0 radical (unpaired) electrons. The lowest BCUT2D eigenvalue weighted by atomic mass is 9.79. The molecule has 66 valence electrons. The fourth-order valence-electron chi connectivity index (χ4n) is 1.07. The molecule has 0 N–H and O–H groups in total. The van der Waals surface area contributed by atoms with E-state index in [0.717, 1.165) is 0 Å². The number of hydrogen-bond donors (Lipinski definition) is 0. The third-order valence-corrected chi connectivity index (χ3v) is 1.94. The van der Waals surface area contributed by atoms with Gasteiger partial charge in [0.15, 0.2) is 0 Å². The summed E-state index contributed by atoms with van der Waals surface area (Å²) in [7, 11) is 0. The first-order chi connectivity index (χ1) is 5.63. The van der Waals surface area contributed by atoms with Gasteiger partial charge in [-0.1, -0.05) is 12.2 Å². The van der Waals surface area contributed by atoms with E-state index in [-0.39, 0.29) is 5.78 Å². The molecule has 2 nitrogen and oxygen atoms in total. The highest BCUT2D eigenvalue weighted by molar-refractivity contribution is 5.97. The molecule has 0 aromatic carbocycles. The normalized spacial score (nSPS) is 10.4. The molecule has 0 rings (SSSR count). The average molecular weight is 166 g/mol. The van der Waals surface area contributed by atoms with Gasteiger partial charge in [-0.05, 0) is 19.8 Å². The molecule has 0 aliphatic heterocycles. The SMILES string of the molecule is C=CCC(C=O)(CC=C)C(C)=O. The molecule has 0 heterocycles. The lowest BCUT2D eigenvalue weighted by Gasteiger charge is -2.21. The first kappa shape index (κ1) is 10.8. The van der Waals surface area contributed by atoms with Crippen LogP contribution in [0.2, 0.25) is 0 Å². The largest absolute Gasteiger partial charge is 0.302 e. The fourth-order valence-corrected chi connectivity index (χ4v) is 1.07. The number of Topliss-reactive ketones (excluding diaryl/α,β-unsaturated/α-hetero) is 1. The first-order valence-corrected chi connectivity index (χ1v) is 3.82. The second kappa shape index (κ2) is 4.65. The monoisotopic (exact) mass is 166 g/mol. The second-order valence-electron chi connectivity index (χ2n) is 2.82. The number of hydrogen-bond acceptors (Lipinski definition) is 2. The van der Waals surface area contributed by atoms with Crippen molar-refractivity contribution in [2.45, 2.75) is 19.8 Å². The maximum Gasteiger partial charge on any atom is 0.143 e. The van der Waals surface area contributed by atoms with Gasteiger partial charge in [-0.2, -0.15) is 0 Å². The van der Waals surface area contributed by atoms with Gasteiger partial charge in [0.2, 0.25) is 0 Å². The van der Waals surface area contributed by atoms with E-state index in [1.54, 1.807) is 12.2 Å². The standard InChI is InChI=1S/C10H14O2/c1-4-6-10(8-11,7-5-2)9(3)12/h4-5,8H,1-2,6-7H2,3H3. The molecule has 0 bridgehead atoms. The van der Waals surface area contributed by atoms with Crippen molar-refractivity contribution >= 4 is 12.1 Å². The summed E-state index contributed by atoms with van der Waals surface area (Å²) >= 11 is 0. The Morgan fingerprint density at radius 1 is 1.33 bits per heavy atom. The van der Waals surface area contributed by atoms with Crippen LogP contribution in [0.5, 0.6) is 0 Å². The van der Waals surface area contributed by atoms with E-state index in [1.807, 2.05) is 0 Å². The smallest absolute Gasteiger partial charge is 0.143 e. The van der Waals surface area contributed by atoms with E-state index in [0.29, 0.717) is 19.1 Å². The summed E-state index contributed by atoms with van der Waals surface area (Å²) in [6.45, 7) is 8.44. The number of carbonyl (C=O) groups excluding carboxylic acids is 2. The van der Waals surface area contributed by atoms with Gasteiger partial charge in [0.1, 0.15) is 12.1 Å². The molecule has 0 aliphatic carbocycles. The zero-order valence-corrected chi connectivity index (χ0v) is 7.38. The number of carbonyl (C=O) groups is 2. The maximum atomic E-state index is 11.1. The van der Waals surface area contributed by atoms with Crippen LogP contribution < -0.4 is 0 Å². The van der Waals surface area contributed by atoms with Gasteiger partial charge >= 0.3 is 0 Å². The summed E-state index contributed by atoms with van der Waals surface area (Å²) in [6.07, 6.45) is 4.63. The van der Waals surface area contributed by atoms with E-state index in [9.17, 15) is 9.59 Å². The van der Waals surface area contributed by atoms with Gasteiger partial charge in [-0.3, -0.25) is 4.79 Å². The molecule has 0 unspecified atom stereocenters. The van der Waals surface area contributed by atoms with Crippen LogP contribution in [-0.2, 0) is 9.59 Å². The number of ketones is 1. The van der Waals surface area contributed by atoms with Crippen molar-refractivity contribution in [1.82, 2.24) is 0 Å². The van der Waals surface area contributed by atoms with Gasteiger partial charge in [0.25, 0.3) is 0 Å². The minimum Gasteiger partial charge on any atom is -0.302 e. The molecule has 0 saturated heterocycles. The molecule has 12 heavy (non-hydrogen) atoms. The van der Waals surface area contributed by atoms with Crippen molar-refractivity contribution in [3.05, 3.63) is 25.3 Å². The lowest BCUT2D eigenvalue weighted by Crippen LogP contribution is -2.29. The second-order valence-corrected chi connectivity index (χ2v) is 2.82. The molecule has 0 aliphatic rings. The minimum atomic E-state index is -0.913. The van der Waals surface area contributed by atoms with Crippen LogP contribution in [0.25, 0.3) is 0 Å². The van der Waals surface area contributed by atoms with E-state index in [4.69, 9.17) is 0 Å². The number of rotatable bonds is 6. The van der Waals surface area contributed by atoms with Crippen LogP contribution in [0.15, 0.2) is 25.3 Å². The summed E-state index contributed by atoms with van der Waals surface area (Å²) < 4.78 is 0. The molecule has 0 saturated carbocycles. The third kappa shape index (κ3) is 2.16. The van der Waals surface area contributed by atoms with Gasteiger partial charge in [0.05, 0.1) is 5.41 Å². The summed E-state index contributed by atoms with van der Waals surface area (Å²) in [5.41, 5.74) is -0.913. The third-order valence-electron chi connectivity index (χ3n) is 1.94. The van der Waals surface area contributed by atoms with Crippen LogP contribution in [0.3, 0.4) is 0 Å². The number of aldehydes is 1. The Balaban J connectivity index is 4.72. The predicted octanol–water partition coefficient (Wildman–Crippen LogP) is 1.91. The maximum absolute atomic E-state index is 11.1. The minimum absolute atomic E-state index is 0.127. The Bertz CT molecular complexity index is 194. The Morgan fingerprint density at radius 3 is 1.92 bits per heavy atom. The highest BCUT2D eigenvalue weighted by atomic mass is 16.1. The topological polar surface area (TPSA) is 34.1 Å². The van der Waals surface area contributed by atoms with E-state index in [1.165, 1.54) is 6.92 Å². The van der Waals surface area contributed by atoms with E-state index < -0.39 is 5.41 Å². The Hall–Kier alpha value is -1.18. The highest BCUT2D eigenvalue weighted by Crippen LogP contribution is 2.25. The summed E-state index contributed by atoms with van der Waals surface area (Å²) in [6, 6.07) is 0. The first-order valence-electron chi connectivity index (χ1n) is 3.82. The summed E-state index contributed by atoms with van der Waals surface area (Å²) in [5, 5.41) is 0. The van der Waals surface area contributed by atoms with Crippen molar-refractivity contribution in [1.29, 1.82) is 0 Å². The molecule has 0 amide bonds. The fraction of sp³-hybridized carbons (Fsp3) is 0.400. The van der Waals surface area contributed by atoms with Crippen LogP contribution in [-0.4, -0.2) is 12.1 Å². The molecular formula is C10H14O2. The molecule has 0 fully saturated rings. The van der Waals surface area contributed by atoms with Gasteiger partial charge in [-0.15, -0.1) is 13.2 Å². The quantitative estimate of drug-likeness (QED) is 0.343. The Kier molecular flexibility index (Phi) is 4.19. The molecule has 2 heteroatoms. The molecular weight excluding hydrogens is 152 g/mol. The average Bonchev–Trinajstić information content (AvgIpc) is 2.03. The molecule has 0 atom stereocenters. The van der Waals surface area contributed by atoms with Crippen molar-refractivity contribution in [2.75, 3.05) is 0 Å². The molecule has 0 spiro atoms. The summed E-state index contributed by atoms with van der Waals surface area (Å²) in [5.74, 6) is -0.127. The van der Waals surface area contributed by atoms with Crippen LogP contribution in [0, 0.1) is 5.41 Å². The van der Waals surface area contributed by atoms with E-state index >= 15 is 0 Å². The van der Waals surface area contributed by atoms with Crippen LogP contribution in [0.1, 0.15) is 19.8 Å². The highest BCUT2D eigenvalue weighted by Gasteiger charge is 2.32. The van der Waals surface area contributed by atoms with Gasteiger partial charge < -0.3 is 4.79 Å². The summed E-state index contributed by atoms with van der Waals surface area (Å²) in [4.78, 5) is 21.9.